The molecular formula is C15H20N2OS. The van der Waals surface area contributed by atoms with E-state index in [1.807, 2.05) is 16.3 Å². The molecule has 0 bridgehead atoms. The maximum absolute atomic E-state index is 12.5. The quantitative estimate of drug-likeness (QED) is 0.862. The second-order valence-corrected chi connectivity index (χ2v) is 5.65. The molecule has 0 atom stereocenters. The fourth-order valence-electron chi connectivity index (χ4n) is 2.60. The summed E-state index contributed by atoms with van der Waals surface area (Å²) in [4.78, 5) is 15.4. The van der Waals surface area contributed by atoms with Crippen LogP contribution in [0.4, 0.5) is 0 Å². The first-order chi connectivity index (χ1) is 9.26. The molecule has 0 unspecified atom stereocenters. The zero-order chi connectivity index (χ0) is 13.7. The van der Waals surface area contributed by atoms with E-state index in [4.69, 9.17) is 5.73 Å². The van der Waals surface area contributed by atoms with E-state index in [1.165, 1.54) is 24.2 Å². The Bertz CT molecular complexity index is 492. The number of thiophene rings is 1. The van der Waals surface area contributed by atoms with E-state index in [-0.39, 0.29) is 5.91 Å². The zero-order valence-corrected chi connectivity index (χ0v) is 12.1. The number of rotatable bonds is 3. The molecule has 0 saturated heterocycles. The standard InChI is InChI=1S/C15H20N2OS/c1-2-17(13-6-3-4-7-13)15(18)12-10-14(19-11-12)8-5-9-16/h10-11,13H,2-4,6-7,9,16H2,1H3. The molecule has 2 N–H and O–H groups in total. The molecule has 1 heterocycles. The van der Waals surface area contributed by atoms with Gasteiger partial charge in [0.1, 0.15) is 0 Å². The summed E-state index contributed by atoms with van der Waals surface area (Å²) in [6.07, 6.45) is 4.77. The van der Waals surface area contributed by atoms with Crippen LogP contribution in [0.25, 0.3) is 0 Å². The lowest BCUT2D eigenvalue weighted by Crippen LogP contribution is -2.38. The monoisotopic (exact) mass is 276 g/mol. The molecule has 0 aliphatic heterocycles. The Hall–Kier alpha value is -1.31. The Morgan fingerprint density at radius 2 is 2.26 bits per heavy atom. The van der Waals surface area contributed by atoms with Crippen LogP contribution in [0.2, 0.25) is 0 Å². The van der Waals surface area contributed by atoms with Crippen LogP contribution in [0.3, 0.4) is 0 Å². The minimum Gasteiger partial charge on any atom is -0.336 e. The van der Waals surface area contributed by atoms with Crippen molar-refractivity contribution in [1.82, 2.24) is 4.90 Å². The number of amides is 1. The van der Waals surface area contributed by atoms with E-state index in [9.17, 15) is 4.79 Å². The van der Waals surface area contributed by atoms with Gasteiger partial charge in [0.05, 0.1) is 17.0 Å². The summed E-state index contributed by atoms with van der Waals surface area (Å²) in [6.45, 7) is 3.19. The molecule has 102 valence electrons. The second kappa shape index (κ2) is 6.74. The first-order valence-corrected chi connectivity index (χ1v) is 7.72. The lowest BCUT2D eigenvalue weighted by Gasteiger charge is -2.27. The summed E-state index contributed by atoms with van der Waals surface area (Å²) in [5.74, 6) is 5.94. The number of carbonyl (C=O) groups excluding carboxylic acids is 1. The van der Waals surface area contributed by atoms with Crippen molar-refractivity contribution in [2.45, 2.75) is 38.6 Å². The van der Waals surface area contributed by atoms with Crippen LogP contribution in [0.15, 0.2) is 11.4 Å². The number of hydrogen-bond donors (Lipinski definition) is 1. The second-order valence-electron chi connectivity index (χ2n) is 4.73. The predicted molar refractivity (Wildman–Crippen MR) is 79.2 cm³/mol. The van der Waals surface area contributed by atoms with Gasteiger partial charge in [-0.3, -0.25) is 4.79 Å². The summed E-state index contributed by atoms with van der Waals surface area (Å²) < 4.78 is 0. The van der Waals surface area contributed by atoms with Gasteiger partial charge in [0.2, 0.25) is 0 Å². The van der Waals surface area contributed by atoms with Crippen LogP contribution < -0.4 is 5.73 Å². The lowest BCUT2D eigenvalue weighted by molar-refractivity contribution is 0.0694. The van der Waals surface area contributed by atoms with Crippen molar-refractivity contribution in [3.05, 3.63) is 21.9 Å². The predicted octanol–water partition coefficient (Wildman–Crippen LogP) is 2.46. The van der Waals surface area contributed by atoms with E-state index in [2.05, 4.69) is 18.8 Å². The van der Waals surface area contributed by atoms with Crippen LogP contribution in [-0.2, 0) is 0 Å². The zero-order valence-electron chi connectivity index (χ0n) is 11.3. The van der Waals surface area contributed by atoms with Crippen LogP contribution in [0.1, 0.15) is 47.8 Å². The Morgan fingerprint density at radius 1 is 1.53 bits per heavy atom. The van der Waals surface area contributed by atoms with E-state index in [1.54, 1.807) is 0 Å². The van der Waals surface area contributed by atoms with Crippen molar-refractivity contribution >= 4 is 17.2 Å². The molecule has 3 nitrogen and oxygen atoms in total. The maximum atomic E-state index is 12.5. The molecule has 1 saturated carbocycles. The molecule has 4 heteroatoms. The minimum atomic E-state index is 0.145. The van der Waals surface area contributed by atoms with E-state index in [0.29, 0.717) is 12.6 Å². The van der Waals surface area contributed by atoms with Crippen LogP contribution in [0, 0.1) is 11.8 Å². The van der Waals surface area contributed by atoms with Gasteiger partial charge in [0.15, 0.2) is 0 Å². The van der Waals surface area contributed by atoms with E-state index >= 15 is 0 Å². The van der Waals surface area contributed by atoms with Gasteiger partial charge in [-0.15, -0.1) is 11.3 Å². The Balaban J connectivity index is 2.10. The topological polar surface area (TPSA) is 46.3 Å². The van der Waals surface area contributed by atoms with Gasteiger partial charge < -0.3 is 10.6 Å². The van der Waals surface area contributed by atoms with Crippen molar-refractivity contribution in [3.8, 4) is 11.8 Å². The molecule has 0 radical (unpaired) electrons. The molecule has 1 aliphatic carbocycles. The van der Waals surface area contributed by atoms with E-state index in [0.717, 1.165) is 29.8 Å². The highest BCUT2D eigenvalue weighted by molar-refractivity contribution is 7.10. The molecule has 1 fully saturated rings. The third-order valence-corrected chi connectivity index (χ3v) is 4.37. The van der Waals surface area contributed by atoms with E-state index < -0.39 is 0 Å². The lowest BCUT2D eigenvalue weighted by atomic mass is 10.1. The molecule has 0 spiro atoms. The van der Waals surface area contributed by atoms with Gasteiger partial charge in [-0.1, -0.05) is 24.7 Å². The third kappa shape index (κ3) is 3.37. The summed E-state index contributed by atoms with van der Waals surface area (Å²) in [5.41, 5.74) is 6.12. The smallest absolute Gasteiger partial charge is 0.254 e. The molecule has 2 rings (SSSR count). The largest absolute Gasteiger partial charge is 0.336 e. The third-order valence-electron chi connectivity index (χ3n) is 3.53. The van der Waals surface area contributed by atoms with Crippen molar-refractivity contribution in [2.24, 2.45) is 5.73 Å². The van der Waals surface area contributed by atoms with Crippen molar-refractivity contribution in [1.29, 1.82) is 0 Å². The Morgan fingerprint density at radius 3 is 2.89 bits per heavy atom. The van der Waals surface area contributed by atoms with Crippen molar-refractivity contribution in [2.75, 3.05) is 13.1 Å². The number of nitrogens with two attached hydrogens (primary N) is 1. The SMILES string of the molecule is CCN(C(=O)c1csc(C#CCN)c1)C1CCCC1. The number of nitrogens with zero attached hydrogens (tertiary/aromatic N) is 1. The summed E-state index contributed by atoms with van der Waals surface area (Å²) in [6, 6.07) is 2.31. The van der Waals surface area contributed by atoms with Gasteiger partial charge in [0, 0.05) is 18.0 Å². The summed E-state index contributed by atoms with van der Waals surface area (Å²) in [5, 5.41) is 1.90. The van der Waals surface area contributed by atoms with Crippen LogP contribution >= 0.6 is 11.3 Å². The fraction of sp³-hybridized carbons (Fsp3) is 0.533. The molecular weight excluding hydrogens is 256 g/mol. The molecule has 1 aromatic heterocycles. The fourth-order valence-corrected chi connectivity index (χ4v) is 3.35. The first kappa shape index (κ1) is 14.1. The maximum Gasteiger partial charge on any atom is 0.254 e. The highest BCUT2D eigenvalue weighted by Crippen LogP contribution is 2.25. The molecule has 0 aromatic carbocycles. The average Bonchev–Trinajstić information content (AvgIpc) is 3.08. The van der Waals surface area contributed by atoms with Gasteiger partial charge in [-0.2, -0.15) is 0 Å². The van der Waals surface area contributed by atoms with Crippen molar-refractivity contribution in [3.63, 3.8) is 0 Å². The average molecular weight is 276 g/mol. The van der Waals surface area contributed by atoms with Gasteiger partial charge in [-0.25, -0.2) is 0 Å². The van der Waals surface area contributed by atoms with Gasteiger partial charge in [-0.05, 0) is 25.8 Å². The first-order valence-electron chi connectivity index (χ1n) is 6.84. The minimum absolute atomic E-state index is 0.145. The Labute approximate surface area is 118 Å². The summed E-state index contributed by atoms with van der Waals surface area (Å²) >= 11 is 1.51. The number of hydrogen-bond acceptors (Lipinski definition) is 3. The van der Waals surface area contributed by atoms with Crippen LogP contribution in [-0.4, -0.2) is 29.9 Å². The van der Waals surface area contributed by atoms with Gasteiger partial charge >= 0.3 is 0 Å². The molecule has 19 heavy (non-hydrogen) atoms. The van der Waals surface area contributed by atoms with Gasteiger partial charge in [0.25, 0.3) is 5.91 Å². The highest BCUT2D eigenvalue weighted by Gasteiger charge is 2.26. The molecule has 1 amide bonds. The van der Waals surface area contributed by atoms with Crippen LogP contribution in [0.5, 0.6) is 0 Å². The normalized spacial score (nSPS) is 15.1. The van der Waals surface area contributed by atoms with Crippen molar-refractivity contribution < 1.29 is 4.79 Å². The summed E-state index contributed by atoms with van der Waals surface area (Å²) in [7, 11) is 0. The highest BCUT2D eigenvalue weighted by atomic mass is 32.1. The number of carbonyl (C=O) groups is 1. The Kier molecular flexibility index (Phi) is 5.00. The molecule has 1 aliphatic rings. The molecule has 1 aromatic rings.